The number of halogens is 3. The molecule has 0 unspecified atom stereocenters. The summed E-state index contributed by atoms with van der Waals surface area (Å²) in [4.78, 5) is 17.5. The van der Waals surface area contributed by atoms with Crippen molar-refractivity contribution in [2.75, 3.05) is 11.5 Å². The van der Waals surface area contributed by atoms with Crippen LogP contribution in [-0.2, 0) is 9.84 Å². The van der Waals surface area contributed by atoms with Crippen molar-refractivity contribution in [3.63, 3.8) is 0 Å². The molecule has 5 rings (SSSR count). The lowest BCUT2D eigenvalue weighted by Crippen LogP contribution is -2.22. The fourth-order valence-corrected chi connectivity index (χ4v) is 6.60. The third kappa shape index (κ3) is 4.98. The summed E-state index contributed by atoms with van der Waals surface area (Å²) in [5, 5.41) is 0.549. The molecule has 0 aliphatic carbocycles. The van der Waals surface area contributed by atoms with Gasteiger partial charge in [0.05, 0.1) is 22.8 Å². The van der Waals surface area contributed by atoms with E-state index in [1.54, 1.807) is 24.4 Å². The van der Waals surface area contributed by atoms with Crippen LogP contribution in [0, 0.1) is 25.5 Å². The van der Waals surface area contributed by atoms with Crippen LogP contribution in [0.15, 0.2) is 57.9 Å². The van der Waals surface area contributed by atoms with Gasteiger partial charge in [-0.15, -0.1) is 0 Å². The van der Waals surface area contributed by atoms with Gasteiger partial charge in [-0.05, 0) is 68.1 Å². The van der Waals surface area contributed by atoms with E-state index in [1.165, 1.54) is 16.7 Å². The molecule has 0 N–H and O–H groups in total. The molecule has 3 heterocycles. The topological polar surface area (TPSA) is 82.2 Å². The highest BCUT2D eigenvalue weighted by Gasteiger charge is 2.30. The quantitative estimate of drug-likeness (QED) is 0.315. The largest absolute Gasteiger partial charge is 0.440 e. The van der Waals surface area contributed by atoms with Gasteiger partial charge in [0.2, 0.25) is 0 Å². The summed E-state index contributed by atoms with van der Waals surface area (Å²) in [7, 11) is -3.11. The summed E-state index contributed by atoms with van der Waals surface area (Å²) in [6, 6.07) is 9.62. The molecule has 1 saturated heterocycles. The molecule has 37 heavy (non-hydrogen) atoms. The Morgan fingerprint density at radius 3 is 2.35 bits per heavy atom. The Kier molecular flexibility index (Phi) is 6.53. The number of nitrogens with zero attached hydrogens (tertiary/aromatic N) is 2. The Balaban J connectivity index is 1.68. The van der Waals surface area contributed by atoms with Crippen molar-refractivity contribution in [1.82, 2.24) is 9.55 Å². The summed E-state index contributed by atoms with van der Waals surface area (Å²) in [5.74, 6) is -1.46. The maximum atomic E-state index is 14.9. The molecule has 2 aromatic carbocycles. The molecule has 0 atom stereocenters. The number of oxazole rings is 1. The van der Waals surface area contributed by atoms with Gasteiger partial charge in [-0.1, -0.05) is 11.6 Å². The van der Waals surface area contributed by atoms with Crippen LogP contribution in [0.3, 0.4) is 0 Å². The average molecular weight is 545 g/mol. The van der Waals surface area contributed by atoms with E-state index < -0.39 is 21.5 Å². The lowest BCUT2D eigenvalue weighted by molar-refractivity contribution is 0.429. The lowest BCUT2D eigenvalue weighted by Gasteiger charge is -2.18. The van der Waals surface area contributed by atoms with Crippen LogP contribution in [-0.4, -0.2) is 29.5 Å². The minimum Gasteiger partial charge on any atom is -0.440 e. The average Bonchev–Trinajstić information content (AvgIpc) is 3.24. The highest BCUT2D eigenvalue weighted by molar-refractivity contribution is 7.91. The van der Waals surface area contributed by atoms with Crippen molar-refractivity contribution in [3.05, 3.63) is 92.7 Å². The first-order valence-electron chi connectivity index (χ1n) is 11.7. The molecule has 0 spiro atoms. The van der Waals surface area contributed by atoms with Crippen molar-refractivity contribution in [3.8, 4) is 28.3 Å². The van der Waals surface area contributed by atoms with E-state index in [4.69, 9.17) is 16.0 Å². The van der Waals surface area contributed by atoms with Gasteiger partial charge >= 0.3 is 0 Å². The highest BCUT2D eigenvalue weighted by atomic mass is 35.5. The molecule has 10 heteroatoms. The molecule has 0 radical (unpaired) electrons. The zero-order valence-electron chi connectivity index (χ0n) is 20.1. The number of rotatable bonds is 4. The molecule has 1 fully saturated rings. The second-order valence-electron chi connectivity index (χ2n) is 9.29. The summed E-state index contributed by atoms with van der Waals surface area (Å²) in [5.41, 5.74) is 2.71. The molecular formula is C27H23ClF2N2O4S. The minimum absolute atomic E-state index is 0.00943. The van der Waals surface area contributed by atoms with Gasteiger partial charge in [0, 0.05) is 34.8 Å². The second kappa shape index (κ2) is 9.54. The minimum atomic E-state index is -3.11. The molecule has 4 aromatic rings. The first-order valence-corrected chi connectivity index (χ1v) is 13.9. The lowest BCUT2D eigenvalue weighted by atomic mass is 10.0. The smallest absolute Gasteiger partial charge is 0.255 e. The van der Waals surface area contributed by atoms with Crippen molar-refractivity contribution in [1.29, 1.82) is 0 Å². The van der Waals surface area contributed by atoms with Gasteiger partial charge in [-0.2, -0.15) is 0 Å². The van der Waals surface area contributed by atoms with Crippen LogP contribution in [0.2, 0.25) is 5.02 Å². The molecule has 0 amide bonds. The number of sulfone groups is 1. The number of aromatic nitrogens is 2. The van der Waals surface area contributed by atoms with Crippen LogP contribution >= 0.6 is 11.6 Å². The van der Waals surface area contributed by atoms with Crippen LogP contribution in [0.4, 0.5) is 8.78 Å². The van der Waals surface area contributed by atoms with E-state index in [0.717, 1.165) is 23.3 Å². The van der Waals surface area contributed by atoms with Gasteiger partial charge < -0.3 is 4.42 Å². The van der Waals surface area contributed by atoms with Crippen LogP contribution < -0.4 is 5.56 Å². The molecule has 0 bridgehead atoms. The molecule has 0 saturated carbocycles. The maximum Gasteiger partial charge on any atom is 0.255 e. The predicted octanol–water partition coefficient (Wildman–Crippen LogP) is 6.00. The van der Waals surface area contributed by atoms with Crippen LogP contribution in [0.1, 0.15) is 35.8 Å². The second-order valence-corrected chi connectivity index (χ2v) is 12.0. The fraction of sp³-hybridized carbons (Fsp3) is 0.259. The summed E-state index contributed by atoms with van der Waals surface area (Å²) in [6.07, 6.45) is 2.26. The molecule has 2 aromatic heterocycles. The molecule has 1 aliphatic rings. The van der Waals surface area contributed by atoms with Gasteiger partial charge in [0.1, 0.15) is 27.2 Å². The van der Waals surface area contributed by atoms with E-state index in [2.05, 4.69) is 4.98 Å². The van der Waals surface area contributed by atoms with Gasteiger partial charge in [-0.3, -0.25) is 9.36 Å². The first-order chi connectivity index (χ1) is 17.5. The number of pyridine rings is 1. The number of hydrogen-bond acceptors (Lipinski definition) is 5. The van der Waals surface area contributed by atoms with E-state index in [-0.39, 0.29) is 45.9 Å². The predicted molar refractivity (Wildman–Crippen MR) is 138 cm³/mol. The summed E-state index contributed by atoms with van der Waals surface area (Å²) < 4.78 is 59.9. The Morgan fingerprint density at radius 1 is 1.03 bits per heavy atom. The Labute approximate surface area is 217 Å². The van der Waals surface area contributed by atoms with Crippen LogP contribution in [0.5, 0.6) is 0 Å². The monoisotopic (exact) mass is 544 g/mol. The Hall–Kier alpha value is -3.30. The summed E-state index contributed by atoms with van der Waals surface area (Å²) in [6.45, 7) is 3.69. The SMILES string of the molecule is Cc1cc(Cl)cc(C)c1-n1cc(-c2nc(C3CCS(=O)(=O)CC3)oc2-c2ccc(F)cc2F)ccc1=O. The Morgan fingerprint density at radius 2 is 1.70 bits per heavy atom. The number of aryl methyl sites for hydroxylation is 2. The van der Waals surface area contributed by atoms with Crippen molar-refractivity contribution >= 4 is 21.4 Å². The van der Waals surface area contributed by atoms with Crippen molar-refractivity contribution in [2.24, 2.45) is 0 Å². The zero-order valence-corrected chi connectivity index (χ0v) is 21.7. The van der Waals surface area contributed by atoms with Crippen LogP contribution in [0.25, 0.3) is 28.3 Å². The van der Waals surface area contributed by atoms with E-state index in [0.29, 0.717) is 29.1 Å². The molecule has 6 nitrogen and oxygen atoms in total. The molecule has 1 aliphatic heterocycles. The van der Waals surface area contributed by atoms with Crippen molar-refractivity contribution in [2.45, 2.75) is 32.6 Å². The van der Waals surface area contributed by atoms with Gasteiger partial charge in [0.15, 0.2) is 11.7 Å². The summed E-state index contributed by atoms with van der Waals surface area (Å²) >= 11 is 6.18. The van der Waals surface area contributed by atoms with Gasteiger partial charge in [0.25, 0.3) is 5.56 Å². The number of benzene rings is 2. The standard InChI is InChI=1S/C27H23ClF2N2O4S/c1-15-11-19(28)12-16(2)25(15)32-14-18(3-6-23(32)33)24-26(21-5-4-20(29)13-22(21)30)36-27(31-24)17-7-9-37(34,35)10-8-17/h3-6,11-14,17H,7-10H2,1-2H3. The molecular weight excluding hydrogens is 522 g/mol. The van der Waals surface area contributed by atoms with Crippen molar-refractivity contribution < 1.29 is 21.6 Å². The molecule has 192 valence electrons. The number of hydrogen-bond donors (Lipinski definition) is 0. The van der Waals surface area contributed by atoms with E-state index in [9.17, 15) is 22.0 Å². The third-order valence-electron chi connectivity index (χ3n) is 6.60. The maximum absolute atomic E-state index is 14.9. The highest BCUT2D eigenvalue weighted by Crippen LogP contribution is 2.39. The van der Waals surface area contributed by atoms with E-state index >= 15 is 0 Å². The normalized spacial score (nSPS) is 15.7. The van der Waals surface area contributed by atoms with Gasteiger partial charge in [-0.25, -0.2) is 22.2 Å². The Bertz CT molecular complexity index is 1660. The third-order valence-corrected chi connectivity index (χ3v) is 8.54. The first kappa shape index (κ1) is 25.4. The fourth-order valence-electron chi connectivity index (χ4n) is 4.79. The zero-order chi connectivity index (χ0) is 26.5. The van der Waals surface area contributed by atoms with E-state index in [1.807, 2.05) is 13.8 Å².